The number of nitrogens with two attached hydrogens (primary N) is 1. The normalized spacial score (nSPS) is 18.2. The third-order valence-corrected chi connectivity index (χ3v) is 5.46. The van der Waals surface area contributed by atoms with Crippen molar-refractivity contribution in [1.82, 2.24) is 4.90 Å². The Morgan fingerprint density at radius 1 is 0.852 bits per heavy atom. The first-order valence-electron chi connectivity index (χ1n) is 9.28. The van der Waals surface area contributed by atoms with Crippen molar-refractivity contribution >= 4 is 0 Å². The topological polar surface area (TPSA) is 69.7 Å². The largest absolute Gasteiger partial charge is 0.508 e. The van der Waals surface area contributed by atoms with E-state index < -0.39 is 0 Å². The average molecular weight is 360 g/mol. The third-order valence-electron chi connectivity index (χ3n) is 5.46. The number of likely N-dealkylation sites (tertiary alicyclic amines) is 1. The Kier molecular flexibility index (Phi) is 4.84. The second-order valence-electron chi connectivity index (χ2n) is 7.09. The van der Waals surface area contributed by atoms with Crippen LogP contribution in [0.2, 0.25) is 0 Å². The summed E-state index contributed by atoms with van der Waals surface area (Å²) in [6.45, 7) is 0.950. The first-order chi connectivity index (χ1) is 13.1. The Hall–Kier alpha value is -2.82. The predicted octanol–water partition coefficient (Wildman–Crippen LogP) is 3.96. The van der Waals surface area contributed by atoms with Crippen LogP contribution in [0, 0.1) is 0 Å². The van der Waals surface area contributed by atoms with Crippen molar-refractivity contribution in [3.63, 3.8) is 0 Å². The number of benzene rings is 3. The summed E-state index contributed by atoms with van der Waals surface area (Å²) in [7, 11) is 0. The van der Waals surface area contributed by atoms with Gasteiger partial charge in [-0.3, -0.25) is 4.90 Å². The van der Waals surface area contributed by atoms with E-state index in [0.29, 0.717) is 5.56 Å². The van der Waals surface area contributed by atoms with Crippen molar-refractivity contribution in [3.05, 3.63) is 95.6 Å². The zero-order chi connectivity index (χ0) is 18.8. The Bertz CT molecular complexity index is 859. The monoisotopic (exact) mass is 360 g/mol. The first kappa shape index (κ1) is 17.6. The number of phenolic OH excluding ortho intramolecular Hbond substituents is 2. The molecule has 138 valence electrons. The maximum absolute atomic E-state index is 10.2. The summed E-state index contributed by atoms with van der Waals surface area (Å²) in [5.41, 5.74) is 9.69. The van der Waals surface area contributed by atoms with Crippen LogP contribution in [0.4, 0.5) is 0 Å². The van der Waals surface area contributed by atoms with Gasteiger partial charge in [-0.15, -0.1) is 0 Å². The standard InChI is InChI=1S/C23H24N2O2/c24-22(19-12-11-18(26)15-21(19)27)20-13-14-25(20)23(16-7-3-1-4-8-16)17-9-5-2-6-10-17/h1-12,15,20,22-23,26-27H,13-14,24H2. The van der Waals surface area contributed by atoms with Crippen LogP contribution in [0.1, 0.15) is 35.2 Å². The molecule has 3 aromatic rings. The second-order valence-corrected chi connectivity index (χ2v) is 7.09. The number of aromatic hydroxyl groups is 2. The highest BCUT2D eigenvalue weighted by Crippen LogP contribution is 2.41. The molecule has 0 saturated carbocycles. The van der Waals surface area contributed by atoms with Crippen LogP contribution in [0.5, 0.6) is 11.5 Å². The summed E-state index contributed by atoms with van der Waals surface area (Å²) in [5, 5.41) is 19.8. The number of phenols is 2. The number of hydrogen-bond acceptors (Lipinski definition) is 4. The first-order valence-corrected chi connectivity index (χ1v) is 9.28. The fourth-order valence-electron chi connectivity index (χ4n) is 4.00. The molecule has 2 atom stereocenters. The van der Waals surface area contributed by atoms with E-state index in [9.17, 15) is 10.2 Å². The molecule has 1 saturated heterocycles. The van der Waals surface area contributed by atoms with E-state index in [-0.39, 0.29) is 29.6 Å². The van der Waals surface area contributed by atoms with E-state index in [4.69, 9.17) is 5.73 Å². The minimum absolute atomic E-state index is 0.0420. The zero-order valence-electron chi connectivity index (χ0n) is 15.1. The predicted molar refractivity (Wildman–Crippen MR) is 107 cm³/mol. The van der Waals surface area contributed by atoms with Crippen molar-refractivity contribution in [2.24, 2.45) is 5.73 Å². The molecule has 4 heteroatoms. The molecule has 0 aliphatic carbocycles. The maximum atomic E-state index is 10.2. The van der Waals surface area contributed by atoms with Crippen LogP contribution in [0.3, 0.4) is 0 Å². The molecule has 4 nitrogen and oxygen atoms in total. The molecule has 4 N–H and O–H groups in total. The van der Waals surface area contributed by atoms with Gasteiger partial charge in [0.2, 0.25) is 0 Å². The zero-order valence-corrected chi connectivity index (χ0v) is 15.1. The highest BCUT2D eigenvalue weighted by atomic mass is 16.3. The Labute approximate surface area is 159 Å². The lowest BCUT2D eigenvalue weighted by Crippen LogP contribution is -2.54. The molecule has 0 aromatic heterocycles. The highest BCUT2D eigenvalue weighted by Gasteiger charge is 2.40. The second kappa shape index (κ2) is 7.43. The lowest BCUT2D eigenvalue weighted by molar-refractivity contribution is 0.0387. The van der Waals surface area contributed by atoms with Gasteiger partial charge in [-0.2, -0.15) is 0 Å². The summed E-state index contributed by atoms with van der Waals surface area (Å²) in [6.07, 6.45) is 0.970. The molecule has 1 aliphatic rings. The molecule has 4 rings (SSSR count). The van der Waals surface area contributed by atoms with Crippen LogP contribution in [-0.4, -0.2) is 27.7 Å². The summed E-state index contributed by atoms with van der Waals surface area (Å²) >= 11 is 0. The number of nitrogens with zero attached hydrogens (tertiary/aromatic N) is 1. The third kappa shape index (κ3) is 3.42. The van der Waals surface area contributed by atoms with Gasteiger partial charge < -0.3 is 15.9 Å². The Morgan fingerprint density at radius 2 is 1.44 bits per heavy atom. The van der Waals surface area contributed by atoms with Crippen LogP contribution >= 0.6 is 0 Å². The van der Waals surface area contributed by atoms with E-state index in [1.165, 1.54) is 17.2 Å². The molecule has 0 bridgehead atoms. The highest BCUT2D eigenvalue weighted by molar-refractivity contribution is 5.42. The maximum Gasteiger partial charge on any atom is 0.124 e. The summed E-state index contributed by atoms with van der Waals surface area (Å²) in [4.78, 5) is 2.40. The summed E-state index contributed by atoms with van der Waals surface area (Å²) in [5.74, 6) is 0.0886. The Balaban J connectivity index is 1.67. The van der Waals surface area contributed by atoms with Crippen LogP contribution in [-0.2, 0) is 0 Å². The molecule has 1 aliphatic heterocycles. The molecule has 1 heterocycles. The lowest BCUT2D eigenvalue weighted by Gasteiger charge is -2.49. The van der Waals surface area contributed by atoms with Gasteiger partial charge in [-0.1, -0.05) is 66.7 Å². The minimum atomic E-state index is -0.325. The van der Waals surface area contributed by atoms with Crippen molar-refractivity contribution in [1.29, 1.82) is 0 Å². The van der Waals surface area contributed by atoms with Gasteiger partial charge in [0.05, 0.1) is 6.04 Å². The molecule has 0 spiro atoms. The molecule has 1 fully saturated rings. The molecular formula is C23H24N2O2. The van der Waals surface area contributed by atoms with Crippen LogP contribution in [0.25, 0.3) is 0 Å². The van der Waals surface area contributed by atoms with Crippen molar-refractivity contribution < 1.29 is 10.2 Å². The number of rotatable bonds is 5. The van der Waals surface area contributed by atoms with Crippen molar-refractivity contribution in [3.8, 4) is 11.5 Å². The fourth-order valence-corrected chi connectivity index (χ4v) is 4.00. The minimum Gasteiger partial charge on any atom is -0.508 e. The van der Waals surface area contributed by atoms with Gasteiger partial charge in [0.1, 0.15) is 11.5 Å². The van der Waals surface area contributed by atoms with E-state index in [0.717, 1.165) is 13.0 Å². The molecule has 27 heavy (non-hydrogen) atoms. The van der Waals surface area contributed by atoms with Crippen LogP contribution < -0.4 is 5.73 Å². The van der Waals surface area contributed by atoms with Gasteiger partial charge in [-0.25, -0.2) is 0 Å². The Morgan fingerprint density at radius 3 is 1.93 bits per heavy atom. The van der Waals surface area contributed by atoms with Gasteiger partial charge >= 0.3 is 0 Å². The lowest BCUT2D eigenvalue weighted by atomic mass is 9.85. The average Bonchev–Trinajstić information content (AvgIpc) is 2.66. The van der Waals surface area contributed by atoms with Crippen molar-refractivity contribution in [2.45, 2.75) is 24.5 Å². The molecule has 0 radical (unpaired) electrons. The van der Waals surface area contributed by atoms with E-state index in [1.54, 1.807) is 12.1 Å². The van der Waals surface area contributed by atoms with E-state index in [1.807, 2.05) is 12.1 Å². The molecular weight excluding hydrogens is 336 g/mol. The quantitative estimate of drug-likeness (QED) is 0.644. The smallest absolute Gasteiger partial charge is 0.124 e. The number of hydrogen-bond donors (Lipinski definition) is 3. The van der Waals surface area contributed by atoms with Crippen LogP contribution in [0.15, 0.2) is 78.9 Å². The van der Waals surface area contributed by atoms with Gasteiger partial charge in [0, 0.05) is 30.3 Å². The fraction of sp³-hybridized carbons (Fsp3) is 0.217. The SMILES string of the molecule is NC(c1ccc(O)cc1O)C1CCN1C(c1ccccc1)c1ccccc1. The molecule has 0 amide bonds. The van der Waals surface area contributed by atoms with E-state index >= 15 is 0 Å². The van der Waals surface area contributed by atoms with Gasteiger partial charge in [-0.05, 0) is 23.6 Å². The van der Waals surface area contributed by atoms with Gasteiger partial charge in [0.25, 0.3) is 0 Å². The summed E-state index contributed by atoms with van der Waals surface area (Å²) in [6, 6.07) is 25.4. The summed E-state index contributed by atoms with van der Waals surface area (Å²) < 4.78 is 0. The molecule has 2 unspecified atom stereocenters. The van der Waals surface area contributed by atoms with E-state index in [2.05, 4.69) is 53.4 Å². The van der Waals surface area contributed by atoms with Gasteiger partial charge in [0.15, 0.2) is 0 Å². The molecule has 3 aromatic carbocycles. The van der Waals surface area contributed by atoms with Crippen molar-refractivity contribution in [2.75, 3.05) is 6.54 Å².